The molecule has 7 nitrogen and oxygen atoms in total. The Balaban J connectivity index is 2.21. The molecular weight excluding hydrogens is 240 g/mol. The summed E-state index contributed by atoms with van der Waals surface area (Å²) in [6, 6.07) is 0.272. The van der Waals surface area contributed by atoms with Crippen molar-refractivity contribution < 1.29 is 23.4 Å². The van der Waals surface area contributed by atoms with Crippen LogP contribution in [0, 0.1) is 0 Å². The molecule has 0 spiro atoms. The van der Waals surface area contributed by atoms with E-state index in [4.69, 9.17) is 18.6 Å². The van der Waals surface area contributed by atoms with E-state index in [1.54, 1.807) is 14.0 Å². The summed E-state index contributed by atoms with van der Waals surface area (Å²) in [4.78, 5) is 15.2. The van der Waals surface area contributed by atoms with E-state index >= 15 is 0 Å². The van der Waals surface area contributed by atoms with Crippen molar-refractivity contribution in [2.75, 3.05) is 45.4 Å². The normalized spacial score (nSPS) is 10.3. The Morgan fingerprint density at radius 1 is 1.44 bits per heavy atom. The van der Waals surface area contributed by atoms with Crippen molar-refractivity contribution in [3.05, 3.63) is 12.0 Å². The van der Waals surface area contributed by atoms with Crippen molar-refractivity contribution in [1.29, 1.82) is 0 Å². The monoisotopic (exact) mass is 258 g/mol. The lowest BCUT2D eigenvalue weighted by Crippen LogP contribution is -2.12. The summed E-state index contributed by atoms with van der Waals surface area (Å²) in [7, 11) is 1.62. The minimum absolute atomic E-state index is 0.152. The Morgan fingerprint density at radius 2 is 2.28 bits per heavy atom. The zero-order valence-corrected chi connectivity index (χ0v) is 10.6. The van der Waals surface area contributed by atoms with Crippen LogP contribution in [-0.2, 0) is 14.2 Å². The van der Waals surface area contributed by atoms with E-state index in [9.17, 15) is 4.79 Å². The maximum atomic E-state index is 11.3. The summed E-state index contributed by atoms with van der Waals surface area (Å²) in [5.41, 5.74) is 0.152. The van der Waals surface area contributed by atoms with Gasteiger partial charge in [0.1, 0.15) is 6.26 Å². The molecule has 0 amide bonds. The molecule has 1 rings (SSSR count). The molecule has 18 heavy (non-hydrogen) atoms. The highest BCUT2D eigenvalue weighted by Gasteiger charge is 2.12. The molecular formula is C11H18N2O5. The summed E-state index contributed by atoms with van der Waals surface area (Å²) < 4.78 is 19.9. The minimum Gasteiger partial charge on any atom is -0.461 e. The molecule has 0 aliphatic carbocycles. The molecule has 102 valence electrons. The number of carbonyl (C=O) groups is 1. The van der Waals surface area contributed by atoms with Gasteiger partial charge in [0.25, 0.3) is 6.01 Å². The number of methoxy groups -OCH3 is 1. The smallest absolute Gasteiger partial charge is 0.360 e. The van der Waals surface area contributed by atoms with Crippen molar-refractivity contribution in [2.24, 2.45) is 0 Å². The third-order valence-electron chi connectivity index (χ3n) is 1.94. The van der Waals surface area contributed by atoms with Crippen LogP contribution in [0.5, 0.6) is 0 Å². The molecule has 7 heteroatoms. The predicted molar refractivity (Wildman–Crippen MR) is 63.6 cm³/mol. The average molecular weight is 258 g/mol. The first-order chi connectivity index (χ1) is 8.77. The van der Waals surface area contributed by atoms with Gasteiger partial charge in [0.15, 0.2) is 5.69 Å². The van der Waals surface area contributed by atoms with E-state index in [0.29, 0.717) is 33.0 Å². The molecule has 0 aliphatic heterocycles. The third-order valence-corrected chi connectivity index (χ3v) is 1.94. The molecule has 0 radical (unpaired) electrons. The van der Waals surface area contributed by atoms with E-state index in [-0.39, 0.29) is 11.7 Å². The van der Waals surface area contributed by atoms with Gasteiger partial charge in [0.05, 0.1) is 26.4 Å². The van der Waals surface area contributed by atoms with Crippen molar-refractivity contribution in [1.82, 2.24) is 4.98 Å². The van der Waals surface area contributed by atoms with Crippen LogP contribution in [0.2, 0.25) is 0 Å². The largest absolute Gasteiger partial charge is 0.461 e. The minimum atomic E-state index is -0.495. The highest BCUT2D eigenvalue weighted by molar-refractivity contribution is 5.87. The number of hydrogen-bond acceptors (Lipinski definition) is 7. The highest BCUT2D eigenvalue weighted by atomic mass is 16.5. The number of anilines is 1. The number of esters is 1. The van der Waals surface area contributed by atoms with Crippen molar-refractivity contribution in [3.63, 3.8) is 0 Å². The fourth-order valence-corrected chi connectivity index (χ4v) is 1.13. The number of nitrogens with zero attached hydrogens (tertiary/aromatic N) is 1. The first-order valence-electron chi connectivity index (χ1n) is 5.71. The van der Waals surface area contributed by atoms with Gasteiger partial charge in [-0.25, -0.2) is 4.79 Å². The molecule has 1 aromatic heterocycles. The maximum Gasteiger partial charge on any atom is 0.360 e. The van der Waals surface area contributed by atoms with Gasteiger partial charge in [0, 0.05) is 13.7 Å². The molecule has 0 saturated heterocycles. The van der Waals surface area contributed by atoms with Crippen LogP contribution in [-0.4, -0.2) is 51.0 Å². The number of rotatable bonds is 9. The van der Waals surface area contributed by atoms with Crippen LogP contribution in [0.4, 0.5) is 6.01 Å². The molecule has 1 aromatic rings. The van der Waals surface area contributed by atoms with Gasteiger partial charge in [-0.05, 0) is 6.92 Å². The summed E-state index contributed by atoms with van der Waals surface area (Å²) in [6.45, 7) is 4.17. The Bertz CT molecular complexity index is 353. The third kappa shape index (κ3) is 5.15. The lowest BCUT2D eigenvalue weighted by Gasteiger charge is -2.03. The summed E-state index contributed by atoms with van der Waals surface area (Å²) >= 11 is 0. The van der Waals surface area contributed by atoms with Crippen molar-refractivity contribution in [3.8, 4) is 0 Å². The van der Waals surface area contributed by atoms with Gasteiger partial charge in [-0.2, -0.15) is 4.98 Å². The number of ether oxygens (including phenoxy) is 3. The molecule has 0 atom stereocenters. The number of aromatic nitrogens is 1. The van der Waals surface area contributed by atoms with Gasteiger partial charge in [-0.15, -0.1) is 0 Å². The first kappa shape index (κ1) is 14.5. The molecule has 0 aliphatic rings. The van der Waals surface area contributed by atoms with E-state index in [2.05, 4.69) is 10.3 Å². The van der Waals surface area contributed by atoms with E-state index in [1.165, 1.54) is 6.26 Å². The van der Waals surface area contributed by atoms with Crippen LogP contribution in [0.15, 0.2) is 10.7 Å². The van der Waals surface area contributed by atoms with Crippen LogP contribution >= 0.6 is 0 Å². The van der Waals surface area contributed by atoms with Crippen LogP contribution in [0.3, 0.4) is 0 Å². The number of nitrogens with one attached hydrogen (secondary N) is 1. The lowest BCUT2D eigenvalue weighted by molar-refractivity contribution is 0.0519. The van der Waals surface area contributed by atoms with Crippen LogP contribution in [0.1, 0.15) is 17.4 Å². The van der Waals surface area contributed by atoms with Gasteiger partial charge in [-0.1, -0.05) is 0 Å². The second-order valence-corrected chi connectivity index (χ2v) is 3.29. The Kier molecular flexibility index (Phi) is 6.82. The quantitative estimate of drug-likeness (QED) is 0.521. The lowest BCUT2D eigenvalue weighted by atomic mass is 10.5. The predicted octanol–water partition coefficient (Wildman–Crippen LogP) is 0.926. The second-order valence-electron chi connectivity index (χ2n) is 3.29. The summed E-state index contributed by atoms with van der Waals surface area (Å²) in [5.74, 6) is -0.495. The fourth-order valence-electron chi connectivity index (χ4n) is 1.13. The fraction of sp³-hybridized carbons (Fsp3) is 0.636. The summed E-state index contributed by atoms with van der Waals surface area (Å²) in [5, 5.41) is 2.89. The Morgan fingerprint density at radius 3 is 3.00 bits per heavy atom. The molecule has 0 fully saturated rings. The molecule has 0 aromatic carbocycles. The van der Waals surface area contributed by atoms with Crippen molar-refractivity contribution in [2.45, 2.75) is 6.92 Å². The molecule has 0 bridgehead atoms. The van der Waals surface area contributed by atoms with Crippen LogP contribution < -0.4 is 5.32 Å². The zero-order valence-electron chi connectivity index (χ0n) is 10.6. The Hall–Kier alpha value is -1.60. The summed E-state index contributed by atoms with van der Waals surface area (Å²) in [6.07, 6.45) is 1.26. The molecule has 0 unspecified atom stereocenters. The average Bonchev–Trinajstić information content (AvgIpc) is 2.83. The zero-order chi connectivity index (χ0) is 13.2. The number of carbonyl (C=O) groups excluding carboxylic acids is 1. The molecule has 1 heterocycles. The van der Waals surface area contributed by atoms with Crippen molar-refractivity contribution >= 4 is 12.0 Å². The second kappa shape index (κ2) is 8.48. The van der Waals surface area contributed by atoms with E-state index in [0.717, 1.165) is 0 Å². The Labute approximate surface area is 105 Å². The van der Waals surface area contributed by atoms with E-state index < -0.39 is 5.97 Å². The van der Waals surface area contributed by atoms with Crippen LogP contribution in [0.25, 0.3) is 0 Å². The van der Waals surface area contributed by atoms with Gasteiger partial charge >= 0.3 is 5.97 Å². The SMILES string of the molecule is CCOC(=O)c1coc(NCCOCCOC)n1. The topological polar surface area (TPSA) is 82.8 Å². The first-order valence-corrected chi connectivity index (χ1v) is 5.71. The standard InChI is InChI=1S/C11H18N2O5/c1-3-17-10(14)9-8-18-11(13-9)12-4-5-16-7-6-15-2/h8H,3-7H2,1-2H3,(H,12,13). The number of hydrogen-bond donors (Lipinski definition) is 1. The van der Waals surface area contributed by atoms with Gasteiger partial charge < -0.3 is 23.9 Å². The molecule has 0 saturated carbocycles. The van der Waals surface area contributed by atoms with Gasteiger partial charge in [0.2, 0.25) is 0 Å². The maximum absolute atomic E-state index is 11.3. The van der Waals surface area contributed by atoms with E-state index in [1.807, 2.05) is 0 Å². The molecule has 1 N–H and O–H groups in total. The highest BCUT2D eigenvalue weighted by Crippen LogP contribution is 2.08. The van der Waals surface area contributed by atoms with Gasteiger partial charge in [-0.3, -0.25) is 0 Å². The number of oxazole rings is 1.